The van der Waals surface area contributed by atoms with Crippen LogP contribution in [0.3, 0.4) is 0 Å². The highest BCUT2D eigenvalue weighted by atomic mass is 35.6. The number of hydrogen-bond acceptors (Lipinski definition) is 6. The quantitative estimate of drug-likeness (QED) is 0.721. The zero-order chi connectivity index (χ0) is 18.6. The summed E-state index contributed by atoms with van der Waals surface area (Å²) in [5.74, 6) is 1.47. The van der Waals surface area contributed by atoms with Crippen molar-refractivity contribution in [2.75, 3.05) is 38.6 Å². The molecule has 0 radical (unpaired) electrons. The van der Waals surface area contributed by atoms with Crippen molar-refractivity contribution in [2.24, 2.45) is 0 Å². The van der Waals surface area contributed by atoms with E-state index in [2.05, 4.69) is 25.2 Å². The summed E-state index contributed by atoms with van der Waals surface area (Å²) in [5.41, 5.74) is 0.704. The third-order valence-electron chi connectivity index (χ3n) is 4.15. The zero-order valence-electron chi connectivity index (χ0n) is 14.4. The Labute approximate surface area is 167 Å². The Bertz CT molecular complexity index is 747. The van der Waals surface area contributed by atoms with E-state index in [1.807, 2.05) is 24.3 Å². The van der Waals surface area contributed by atoms with Gasteiger partial charge in [0.2, 0.25) is 9.74 Å². The first-order valence-electron chi connectivity index (χ1n) is 8.40. The summed E-state index contributed by atoms with van der Waals surface area (Å²) in [7, 11) is 1.59. The maximum atomic E-state index is 6.01. The highest BCUT2D eigenvalue weighted by molar-refractivity contribution is 6.66. The number of alkyl halides is 3. The van der Waals surface area contributed by atoms with Gasteiger partial charge in [-0.15, -0.1) is 0 Å². The minimum absolute atomic E-state index is 0.0714. The minimum atomic E-state index is -1.74. The molecule has 0 amide bonds. The average molecular weight is 417 g/mol. The van der Waals surface area contributed by atoms with E-state index in [1.165, 1.54) is 12.8 Å². The number of methoxy groups -OCH3 is 1. The molecule has 0 aliphatic carbocycles. The molecule has 1 aromatic heterocycles. The lowest BCUT2D eigenvalue weighted by Gasteiger charge is -2.16. The summed E-state index contributed by atoms with van der Waals surface area (Å²) in [6.07, 6.45) is 2.50. The summed E-state index contributed by atoms with van der Waals surface area (Å²) in [4.78, 5) is 15.5. The molecule has 140 valence electrons. The summed E-state index contributed by atoms with van der Waals surface area (Å²) in [5, 5.41) is 3.21. The number of hydrogen-bond donors (Lipinski definition) is 1. The zero-order valence-corrected chi connectivity index (χ0v) is 16.7. The lowest BCUT2D eigenvalue weighted by atomic mass is 10.2. The molecule has 0 bridgehead atoms. The number of rotatable bonds is 6. The van der Waals surface area contributed by atoms with Gasteiger partial charge in [0.05, 0.1) is 12.7 Å². The van der Waals surface area contributed by atoms with E-state index in [4.69, 9.17) is 39.5 Å². The van der Waals surface area contributed by atoms with E-state index >= 15 is 0 Å². The van der Waals surface area contributed by atoms with Crippen molar-refractivity contribution in [3.63, 3.8) is 0 Å². The van der Waals surface area contributed by atoms with Crippen molar-refractivity contribution < 1.29 is 4.74 Å². The van der Waals surface area contributed by atoms with Crippen molar-refractivity contribution in [1.29, 1.82) is 0 Å². The first-order chi connectivity index (χ1) is 12.5. The molecule has 0 atom stereocenters. The molecule has 3 rings (SSSR count). The van der Waals surface area contributed by atoms with Gasteiger partial charge in [-0.25, -0.2) is 4.98 Å². The molecule has 2 heterocycles. The minimum Gasteiger partial charge on any atom is -0.496 e. The number of halogens is 3. The highest BCUT2D eigenvalue weighted by Crippen LogP contribution is 2.37. The van der Waals surface area contributed by atoms with Crippen LogP contribution in [0.1, 0.15) is 18.7 Å². The standard InChI is InChI=1S/C17H20Cl3N5O/c1-26-13-7-3-2-6-12(13)14-22-15(17(18,19)20)24-16(23-14)21-8-11-25-9-4-5-10-25/h2-3,6-7H,4-5,8-11H2,1H3,(H,21,22,23,24). The molecule has 0 unspecified atom stereocenters. The molecule has 1 aromatic carbocycles. The van der Waals surface area contributed by atoms with Gasteiger partial charge in [0.1, 0.15) is 5.75 Å². The number of nitrogens with one attached hydrogen (secondary N) is 1. The SMILES string of the molecule is COc1ccccc1-c1nc(NCCN2CCCC2)nc(C(Cl)(Cl)Cl)n1. The van der Waals surface area contributed by atoms with Crippen LogP contribution in [0.5, 0.6) is 5.75 Å². The molecule has 1 saturated heterocycles. The fourth-order valence-electron chi connectivity index (χ4n) is 2.86. The lowest BCUT2D eigenvalue weighted by molar-refractivity contribution is 0.352. The molecule has 2 aromatic rings. The molecule has 0 spiro atoms. The van der Waals surface area contributed by atoms with Crippen LogP contribution in [0.2, 0.25) is 0 Å². The van der Waals surface area contributed by atoms with Gasteiger partial charge in [-0.05, 0) is 38.1 Å². The van der Waals surface area contributed by atoms with Crippen LogP contribution in [0.4, 0.5) is 5.95 Å². The maximum absolute atomic E-state index is 6.01. The van der Waals surface area contributed by atoms with Crippen molar-refractivity contribution in [2.45, 2.75) is 16.6 Å². The molecular formula is C17H20Cl3N5O. The molecule has 1 aliphatic rings. The Morgan fingerprint density at radius 2 is 1.85 bits per heavy atom. The van der Waals surface area contributed by atoms with Crippen molar-refractivity contribution in [1.82, 2.24) is 19.9 Å². The molecule has 26 heavy (non-hydrogen) atoms. The smallest absolute Gasteiger partial charge is 0.250 e. The summed E-state index contributed by atoms with van der Waals surface area (Å²) < 4.78 is 3.64. The summed E-state index contributed by atoms with van der Waals surface area (Å²) >= 11 is 18.0. The van der Waals surface area contributed by atoms with Gasteiger partial charge >= 0.3 is 0 Å². The third kappa shape index (κ3) is 4.88. The summed E-state index contributed by atoms with van der Waals surface area (Å²) in [6, 6.07) is 7.42. The number of para-hydroxylation sites is 1. The van der Waals surface area contributed by atoms with Crippen LogP contribution in [-0.2, 0) is 3.79 Å². The fraction of sp³-hybridized carbons (Fsp3) is 0.471. The number of aromatic nitrogens is 3. The number of anilines is 1. The van der Waals surface area contributed by atoms with E-state index in [0.29, 0.717) is 29.6 Å². The number of nitrogens with zero attached hydrogens (tertiary/aromatic N) is 4. The molecule has 6 nitrogen and oxygen atoms in total. The third-order valence-corrected chi connectivity index (χ3v) is 4.65. The van der Waals surface area contributed by atoms with Crippen LogP contribution < -0.4 is 10.1 Å². The number of benzene rings is 1. The predicted molar refractivity (Wildman–Crippen MR) is 105 cm³/mol. The van der Waals surface area contributed by atoms with Crippen molar-refractivity contribution in [3.8, 4) is 17.1 Å². The van der Waals surface area contributed by atoms with E-state index in [1.54, 1.807) is 7.11 Å². The Hall–Kier alpha value is -1.34. The van der Waals surface area contributed by atoms with E-state index < -0.39 is 3.79 Å². The Morgan fingerprint density at radius 3 is 2.54 bits per heavy atom. The van der Waals surface area contributed by atoms with Crippen LogP contribution in [0.15, 0.2) is 24.3 Å². The maximum Gasteiger partial charge on any atom is 0.250 e. The van der Waals surface area contributed by atoms with Crippen LogP contribution >= 0.6 is 34.8 Å². The molecule has 0 saturated carbocycles. The molecule has 9 heteroatoms. The van der Waals surface area contributed by atoms with Crippen molar-refractivity contribution >= 4 is 40.8 Å². The number of ether oxygens (including phenoxy) is 1. The van der Waals surface area contributed by atoms with Gasteiger partial charge < -0.3 is 15.0 Å². The van der Waals surface area contributed by atoms with Gasteiger partial charge in [0.25, 0.3) is 0 Å². The largest absolute Gasteiger partial charge is 0.496 e. The summed E-state index contributed by atoms with van der Waals surface area (Å²) in [6.45, 7) is 3.88. The van der Waals surface area contributed by atoms with E-state index in [0.717, 1.165) is 19.6 Å². The average Bonchev–Trinajstić information content (AvgIpc) is 3.14. The van der Waals surface area contributed by atoms with Crippen LogP contribution in [0, 0.1) is 0 Å². The van der Waals surface area contributed by atoms with E-state index in [-0.39, 0.29) is 5.82 Å². The Morgan fingerprint density at radius 1 is 1.12 bits per heavy atom. The first-order valence-corrected chi connectivity index (χ1v) is 9.53. The normalized spacial score (nSPS) is 15.2. The molecule has 1 fully saturated rings. The second-order valence-electron chi connectivity index (χ2n) is 5.98. The Balaban J connectivity index is 1.86. The number of likely N-dealkylation sites (tertiary alicyclic amines) is 1. The molecular weight excluding hydrogens is 397 g/mol. The van der Waals surface area contributed by atoms with Gasteiger partial charge in [0.15, 0.2) is 11.6 Å². The first kappa shape index (κ1) is 19.4. The fourth-order valence-corrected chi connectivity index (χ4v) is 3.12. The highest BCUT2D eigenvalue weighted by Gasteiger charge is 2.29. The predicted octanol–water partition coefficient (Wildman–Crippen LogP) is 3.88. The van der Waals surface area contributed by atoms with Gasteiger partial charge in [-0.3, -0.25) is 0 Å². The lowest BCUT2D eigenvalue weighted by Crippen LogP contribution is -2.26. The Kier molecular flexibility index (Phi) is 6.40. The van der Waals surface area contributed by atoms with E-state index in [9.17, 15) is 0 Å². The van der Waals surface area contributed by atoms with Crippen LogP contribution in [-0.4, -0.2) is 53.1 Å². The van der Waals surface area contributed by atoms with Gasteiger partial charge in [-0.1, -0.05) is 46.9 Å². The molecule has 1 aliphatic heterocycles. The monoisotopic (exact) mass is 415 g/mol. The molecule has 1 N–H and O–H groups in total. The second kappa shape index (κ2) is 8.57. The van der Waals surface area contributed by atoms with Crippen LogP contribution in [0.25, 0.3) is 11.4 Å². The second-order valence-corrected chi connectivity index (χ2v) is 8.26. The van der Waals surface area contributed by atoms with Gasteiger partial charge in [0, 0.05) is 13.1 Å². The van der Waals surface area contributed by atoms with Gasteiger partial charge in [-0.2, -0.15) is 9.97 Å². The topological polar surface area (TPSA) is 63.2 Å². The van der Waals surface area contributed by atoms with Crippen molar-refractivity contribution in [3.05, 3.63) is 30.1 Å².